The average Bonchev–Trinajstić information content (AvgIpc) is 2.59. The van der Waals surface area contributed by atoms with Crippen LogP contribution in [0.5, 0.6) is 0 Å². The van der Waals surface area contributed by atoms with Gasteiger partial charge in [0.2, 0.25) is 0 Å². The highest BCUT2D eigenvalue weighted by molar-refractivity contribution is 6.16. The van der Waals surface area contributed by atoms with E-state index in [0.717, 1.165) is 11.3 Å². The molecule has 1 fully saturated rings. The van der Waals surface area contributed by atoms with Crippen molar-refractivity contribution in [3.05, 3.63) is 30.1 Å². The molecular formula is C15H19ClN2. The molecule has 2 aromatic rings. The second-order valence-electron chi connectivity index (χ2n) is 5.17. The van der Waals surface area contributed by atoms with Crippen LogP contribution in [0, 0.1) is 0 Å². The first kappa shape index (κ1) is 12.0. The molecule has 1 heterocycles. The molecule has 0 N–H and O–H groups in total. The Morgan fingerprint density at radius 3 is 2.56 bits per heavy atom. The standard InChI is InChI=1S/C15H19ClN2/c16-11-15-17-13-9-5-6-10-14(13)18(15)12-7-3-1-2-4-8-12/h5-6,9-10,12H,1-4,7-8,11H2. The van der Waals surface area contributed by atoms with Gasteiger partial charge in [0.25, 0.3) is 0 Å². The molecule has 0 radical (unpaired) electrons. The highest BCUT2D eigenvalue weighted by atomic mass is 35.5. The van der Waals surface area contributed by atoms with E-state index < -0.39 is 0 Å². The fourth-order valence-corrected chi connectivity index (χ4v) is 3.30. The number of aromatic nitrogens is 2. The molecular weight excluding hydrogens is 244 g/mol. The summed E-state index contributed by atoms with van der Waals surface area (Å²) in [6.45, 7) is 0. The quantitative estimate of drug-likeness (QED) is 0.568. The average molecular weight is 263 g/mol. The van der Waals surface area contributed by atoms with Gasteiger partial charge < -0.3 is 4.57 Å². The Bertz CT molecular complexity index is 524. The lowest BCUT2D eigenvalue weighted by molar-refractivity contribution is 0.444. The first-order valence-corrected chi connectivity index (χ1v) is 7.45. The minimum absolute atomic E-state index is 0.505. The van der Waals surface area contributed by atoms with Crippen LogP contribution in [0.1, 0.15) is 50.4 Å². The predicted octanol–water partition coefficient (Wildman–Crippen LogP) is 4.67. The minimum atomic E-state index is 0.505. The SMILES string of the molecule is ClCc1nc2ccccc2n1C1CCCCCC1. The van der Waals surface area contributed by atoms with Gasteiger partial charge in [-0.2, -0.15) is 0 Å². The van der Waals surface area contributed by atoms with Gasteiger partial charge >= 0.3 is 0 Å². The fourth-order valence-electron chi connectivity index (χ4n) is 3.11. The van der Waals surface area contributed by atoms with E-state index in [0.29, 0.717) is 11.9 Å². The largest absolute Gasteiger partial charge is 0.324 e. The van der Waals surface area contributed by atoms with Crippen LogP contribution in [-0.4, -0.2) is 9.55 Å². The maximum atomic E-state index is 6.08. The maximum Gasteiger partial charge on any atom is 0.125 e. The summed E-state index contributed by atoms with van der Waals surface area (Å²) in [7, 11) is 0. The lowest BCUT2D eigenvalue weighted by atomic mass is 10.1. The van der Waals surface area contributed by atoms with Crippen LogP contribution in [0.4, 0.5) is 0 Å². The van der Waals surface area contributed by atoms with Crippen LogP contribution in [-0.2, 0) is 5.88 Å². The lowest BCUT2D eigenvalue weighted by Crippen LogP contribution is -2.11. The van der Waals surface area contributed by atoms with Crippen molar-refractivity contribution in [3.8, 4) is 0 Å². The Kier molecular flexibility index (Phi) is 3.55. The summed E-state index contributed by atoms with van der Waals surface area (Å²) in [6.07, 6.45) is 7.95. The summed E-state index contributed by atoms with van der Waals surface area (Å²) < 4.78 is 2.40. The minimum Gasteiger partial charge on any atom is -0.324 e. The second-order valence-corrected chi connectivity index (χ2v) is 5.43. The first-order valence-electron chi connectivity index (χ1n) is 6.92. The first-order chi connectivity index (χ1) is 8.90. The van der Waals surface area contributed by atoms with E-state index in [-0.39, 0.29) is 0 Å². The molecule has 0 bridgehead atoms. The molecule has 1 aliphatic carbocycles. The van der Waals surface area contributed by atoms with Gasteiger partial charge in [0, 0.05) is 6.04 Å². The topological polar surface area (TPSA) is 17.8 Å². The molecule has 1 saturated carbocycles. The Morgan fingerprint density at radius 1 is 1.11 bits per heavy atom. The summed E-state index contributed by atoms with van der Waals surface area (Å²) >= 11 is 6.08. The monoisotopic (exact) mass is 262 g/mol. The number of halogens is 1. The summed E-state index contributed by atoms with van der Waals surface area (Å²) in [5, 5.41) is 0. The van der Waals surface area contributed by atoms with Gasteiger partial charge in [-0.25, -0.2) is 4.98 Å². The molecule has 0 amide bonds. The molecule has 1 aromatic heterocycles. The van der Waals surface area contributed by atoms with Crippen LogP contribution >= 0.6 is 11.6 Å². The van der Waals surface area contributed by atoms with E-state index >= 15 is 0 Å². The summed E-state index contributed by atoms with van der Waals surface area (Å²) in [6, 6.07) is 8.98. The molecule has 3 heteroatoms. The van der Waals surface area contributed by atoms with Crippen LogP contribution in [0.2, 0.25) is 0 Å². The van der Waals surface area contributed by atoms with E-state index in [1.54, 1.807) is 0 Å². The zero-order valence-electron chi connectivity index (χ0n) is 10.6. The Hall–Kier alpha value is -1.02. The number of fused-ring (bicyclic) bond motifs is 1. The van der Waals surface area contributed by atoms with Crippen LogP contribution < -0.4 is 0 Å². The van der Waals surface area contributed by atoms with E-state index in [9.17, 15) is 0 Å². The summed E-state index contributed by atoms with van der Waals surface area (Å²) in [5.74, 6) is 1.54. The Balaban J connectivity index is 2.07. The molecule has 1 aliphatic rings. The predicted molar refractivity (Wildman–Crippen MR) is 76.0 cm³/mol. The Morgan fingerprint density at radius 2 is 1.83 bits per heavy atom. The molecule has 0 aliphatic heterocycles. The van der Waals surface area contributed by atoms with Crippen molar-refractivity contribution in [2.75, 3.05) is 0 Å². The van der Waals surface area contributed by atoms with Gasteiger partial charge in [-0.3, -0.25) is 0 Å². The molecule has 0 spiro atoms. The van der Waals surface area contributed by atoms with Crippen molar-refractivity contribution >= 4 is 22.6 Å². The van der Waals surface area contributed by atoms with Gasteiger partial charge in [0.05, 0.1) is 16.9 Å². The summed E-state index contributed by atoms with van der Waals surface area (Å²) in [4.78, 5) is 4.67. The highest BCUT2D eigenvalue weighted by Crippen LogP contribution is 2.31. The molecule has 2 nitrogen and oxygen atoms in total. The number of hydrogen-bond acceptors (Lipinski definition) is 1. The number of benzene rings is 1. The van der Waals surface area contributed by atoms with Crippen molar-refractivity contribution < 1.29 is 0 Å². The number of hydrogen-bond donors (Lipinski definition) is 0. The van der Waals surface area contributed by atoms with Crippen molar-refractivity contribution in [1.29, 1.82) is 0 Å². The normalized spacial score (nSPS) is 18.1. The van der Waals surface area contributed by atoms with E-state index in [1.807, 2.05) is 6.07 Å². The number of para-hydroxylation sites is 2. The fraction of sp³-hybridized carbons (Fsp3) is 0.533. The summed E-state index contributed by atoms with van der Waals surface area (Å²) in [5.41, 5.74) is 2.33. The zero-order chi connectivity index (χ0) is 12.4. The Labute approximate surface area is 113 Å². The van der Waals surface area contributed by atoms with Gasteiger partial charge in [0.15, 0.2) is 0 Å². The number of nitrogens with zero attached hydrogens (tertiary/aromatic N) is 2. The van der Waals surface area contributed by atoms with Gasteiger partial charge in [0.1, 0.15) is 5.82 Å². The highest BCUT2D eigenvalue weighted by Gasteiger charge is 2.19. The van der Waals surface area contributed by atoms with Crippen LogP contribution in [0.15, 0.2) is 24.3 Å². The van der Waals surface area contributed by atoms with Crippen molar-refractivity contribution in [2.24, 2.45) is 0 Å². The number of alkyl halides is 1. The number of rotatable bonds is 2. The molecule has 18 heavy (non-hydrogen) atoms. The second kappa shape index (κ2) is 5.31. The third-order valence-corrected chi connectivity index (χ3v) is 4.22. The molecule has 1 aromatic carbocycles. The lowest BCUT2D eigenvalue weighted by Gasteiger charge is -2.19. The van der Waals surface area contributed by atoms with Gasteiger partial charge in [-0.15, -0.1) is 11.6 Å². The van der Waals surface area contributed by atoms with Crippen molar-refractivity contribution in [1.82, 2.24) is 9.55 Å². The third kappa shape index (κ3) is 2.14. The van der Waals surface area contributed by atoms with Crippen LogP contribution in [0.25, 0.3) is 11.0 Å². The molecule has 3 rings (SSSR count). The van der Waals surface area contributed by atoms with E-state index in [4.69, 9.17) is 11.6 Å². The van der Waals surface area contributed by atoms with Gasteiger partial charge in [-0.1, -0.05) is 37.8 Å². The molecule has 0 unspecified atom stereocenters. The zero-order valence-corrected chi connectivity index (χ0v) is 11.4. The number of imidazole rings is 1. The van der Waals surface area contributed by atoms with Crippen molar-refractivity contribution in [2.45, 2.75) is 50.4 Å². The third-order valence-electron chi connectivity index (χ3n) is 3.98. The van der Waals surface area contributed by atoms with E-state index in [1.165, 1.54) is 44.0 Å². The molecule has 0 saturated heterocycles. The molecule has 0 atom stereocenters. The van der Waals surface area contributed by atoms with Gasteiger partial charge in [-0.05, 0) is 25.0 Å². The van der Waals surface area contributed by atoms with E-state index in [2.05, 4.69) is 27.8 Å². The molecule has 96 valence electrons. The van der Waals surface area contributed by atoms with Crippen LogP contribution in [0.3, 0.4) is 0 Å². The smallest absolute Gasteiger partial charge is 0.125 e. The van der Waals surface area contributed by atoms with Crippen molar-refractivity contribution in [3.63, 3.8) is 0 Å². The maximum absolute atomic E-state index is 6.08.